The number of anilines is 1. The summed E-state index contributed by atoms with van der Waals surface area (Å²) in [4.78, 5) is 14.3. The van der Waals surface area contributed by atoms with Crippen molar-refractivity contribution in [1.29, 1.82) is 0 Å². The molecule has 0 radical (unpaired) electrons. The van der Waals surface area contributed by atoms with Crippen molar-refractivity contribution in [3.8, 4) is 11.1 Å². The minimum absolute atomic E-state index is 0.468. The summed E-state index contributed by atoms with van der Waals surface area (Å²) in [6.45, 7) is 9.68. The molecule has 0 bridgehead atoms. The third-order valence-electron chi connectivity index (χ3n) is 5.64. The number of aryl methyl sites for hydroxylation is 2. The highest BCUT2D eigenvalue weighted by Crippen LogP contribution is 2.26. The fraction of sp³-hybridized carbons (Fsp3) is 0.194. The number of aliphatic imine (C=N–C) groups is 1. The predicted molar refractivity (Wildman–Crippen MR) is 159 cm³/mol. The van der Waals surface area contributed by atoms with Gasteiger partial charge in [-0.3, -0.25) is 0 Å². The zero-order valence-corrected chi connectivity index (χ0v) is 22.7. The SMILES string of the molecule is C=C(C)N=C(N)c1ccccc1-c1ccc(Cc2c(N)nc(C)nc2CCC)cc1.Sc1ccccc1. The quantitative estimate of drug-likeness (QED) is 0.145. The Kier molecular flexibility index (Phi) is 10.0. The second-order valence-electron chi connectivity index (χ2n) is 8.82. The number of nitrogens with zero attached hydrogens (tertiary/aromatic N) is 3. The van der Waals surface area contributed by atoms with Gasteiger partial charge < -0.3 is 11.5 Å². The maximum Gasteiger partial charge on any atom is 0.131 e. The van der Waals surface area contributed by atoms with E-state index in [1.54, 1.807) is 0 Å². The lowest BCUT2D eigenvalue weighted by atomic mass is 9.96. The predicted octanol–water partition coefficient (Wildman–Crippen LogP) is 6.79. The first-order chi connectivity index (χ1) is 17.8. The summed E-state index contributed by atoms with van der Waals surface area (Å²) in [6.07, 6.45) is 2.63. The minimum Gasteiger partial charge on any atom is -0.383 e. The van der Waals surface area contributed by atoms with Crippen LogP contribution in [-0.4, -0.2) is 15.8 Å². The van der Waals surface area contributed by atoms with E-state index in [1.165, 1.54) is 0 Å². The van der Waals surface area contributed by atoms with Gasteiger partial charge in [0, 0.05) is 33.8 Å². The van der Waals surface area contributed by atoms with E-state index in [0.29, 0.717) is 23.8 Å². The van der Waals surface area contributed by atoms with Crippen LogP contribution < -0.4 is 11.5 Å². The smallest absolute Gasteiger partial charge is 0.131 e. The number of benzene rings is 3. The zero-order chi connectivity index (χ0) is 26.8. The summed E-state index contributed by atoms with van der Waals surface area (Å²) in [5.41, 5.74) is 19.4. The van der Waals surface area contributed by atoms with Crippen molar-refractivity contribution in [2.75, 3.05) is 5.73 Å². The zero-order valence-electron chi connectivity index (χ0n) is 21.8. The number of rotatable bonds is 7. The molecule has 0 amide bonds. The molecule has 0 saturated carbocycles. The molecule has 4 aromatic rings. The summed E-state index contributed by atoms with van der Waals surface area (Å²) < 4.78 is 0. The molecule has 6 heteroatoms. The van der Waals surface area contributed by atoms with Crippen LogP contribution >= 0.6 is 12.6 Å². The van der Waals surface area contributed by atoms with E-state index in [1.807, 2.05) is 62.4 Å². The molecular formula is C31H35N5S. The van der Waals surface area contributed by atoms with E-state index in [-0.39, 0.29) is 0 Å². The maximum atomic E-state index is 6.23. The highest BCUT2D eigenvalue weighted by atomic mass is 32.1. The number of nitrogen functional groups attached to an aromatic ring is 1. The lowest BCUT2D eigenvalue weighted by Gasteiger charge is -2.13. The molecule has 0 aliphatic heterocycles. The average Bonchev–Trinajstić information content (AvgIpc) is 2.87. The van der Waals surface area contributed by atoms with Gasteiger partial charge >= 0.3 is 0 Å². The Balaban J connectivity index is 0.000000468. The fourth-order valence-corrected chi connectivity index (χ4v) is 4.14. The van der Waals surface area contributed by atoms with Crippen LogP contribution in [0.15, 0.2) is 101 Å². The highest BCUT2D eigenvalue weighted by molar-refractivity contribution is 7.80. The van der Waals surface area contributed by atoms with Crippen molar-refractivity contribution < 1.29 is 0 Å². The van der Waals surface area contributed by atoms with Crippen LogP contribution in [0.25, 0.3) is 11.1 Å². The van der Waals surface area contributed by atoms with Crippen LogP contribution in [0.5, 0.6) is 0 Å². The Morgan fingerprint density at radius 2 is 1.59 bits per heavy atom. The molecule has 1 heterocycles. The molecular weight excluding hydrogens is 474 g/mol. The fourth-order valence-electron chi connectivity index (χ4n) is 3.97. The van der Waals surface area contributed by atoms with Gasteiger partial charge in [-0.1, -0.05) is 86.7 Å². The molecule has 0 fully saturated rings. The Hall–Kier alpha value is -3.90. The molecule has 37 heavy (non-hydrogen) atoms. The van der Waals surface area contributed by atoms with Crippen LogP contribution in [0.1, 0.15) is 48.5 Å². The van der Waals surface area contributed by atoms with Gasteiger partial charge in [0.2, 0.25) is 0 Å². The molecule has 0 saturated heterocycles. The number of thiol groups is 1. The molecule has 0 spiro atoms. The van der Waals surface area contributed by atoms with E-state index in [2.05, 4.69) is 71.4 Å². The molecule has 4 N–H and O–H groups in total. The van der Waals surface area contributed by atoms with Gasteiger partial charge in [-0.25, -0.2) is 15.0 Å². The molecule has 0 aliphatic carbocycles. The monoisotopic (exact) mass is 509 g/mol. The summed E-state index contributed by atoms with van der Waals surface area (Å²) in [6, 6.07) is 26.2. The second-order valence-corrected chi connectivity index (χ2v) is 9.33. The lowest BCUT2D eigenvalue weighted by Crippen LogP contribution is -2.14. The van der Waals surface area contributed by atoms with Gasteiger partial charge in [0.05, 0.1) is 0 Å². The van der Waals surface area contributed by atoms with Crippen LogP contribution in [0.4, 0.5) is 5.82 Å². The molecule has 0 aliphatic rings. The lowest BCUT2D eigenvalue weighted by molar-refractivity contribution is 0.836. The minimum atomic E-state index is 0.468. The van der Waals surface area contributed by atoms with Crippen LogP contribution in [0, 0.1) is 6.92 Å². The highest BCUT2D eigenvalue weighted by Gasteiger charge is 2.12. The van der Waals surface area contributed by atoms with Crippen LogP contribution in [0.3, 0.4) is 0 Å². The van der Waals surface area contributed by atoms with E-state index < -0.39 is 0 Å². The molecule has 0 atom stereocenters. The topological polar surface area (TPSA) is 90.2 Å². The Bertz CT molecular complexity index is 1360. The van der Waals surface area contributed by atoms with Gasteiger partial charge in [-0.2, -0.15) is 0 Å². The Morgan fingerprint density at radius 3 is 2.19 bits per heavy atom. The van der Waals surface area contributed by atoms with Crippen molar-refractivity contribution in [1.82, 2.24) is 9.97 Å². The number of nitrogens with two attached hydrogens (primary N) is 2. The Morgan fingerprint density at radius 1 is 0.946 bits per heavy atom. The summed E-state index contributed by atoms with van der Waals surface area (Å²) in [5.74, 6) is 1.76. The maximum absolute atomic E-state index is 6.23. The first-order valence-corrected chi connectivity index (χ1v) is 12.8. The van der Waals surface area contributed by atoms with Crippen molar-refractivity contribution in [3.05, 3.63) is 119 Å². The molecule has 190 valence electrons. The molecule has 0 unspecified atom stereocenters. The normalized spacial score (nSPS) is 11.0. The number of allylic oxidation sites excluding steroid dienone is 1. The molecule has 5 nitrogen and oxygen atoms in total. The second kappa shape index (κ2) is 13.4. The summed E-state index contributed by atoms with van der Waals surface area (Å²) in [5, 5.41) is 0. The van der Waals surface area contributed by atoms with Crippen molar-refractivity contribution >= 4 is 24.3 Å². The third kappa shape index (κ3) is 8.05. The van der Waals surface area contributed by atoms with Crippen LogP contribution in [-0.2, 0) is 12.8 Å². The number of hydrogen-bond acceptors (Lipinski definition) is 5. The van der Waals surface area contributed by atoms with Crippen molar-refractivity contribution in [3.63, 3.8) is 0 Å². The van der Waals surface area contributed by atoms with E-state index in [9.17, 15) is 0 Å². The standard InChI is InChI=1S/C25H29N5.C6H6S/c1-5-8-23-22(25(27)30-17(4)29-23)15-18-11-13-19(14-12-18)20-9-6-7-10-21(20)24(26)28-16(2)3;7-6-4-2-1-3-5-6/h6-7,9-14H,2,5,8,15H2,1,3-4H3,(H2,26,28)(H2,27,29,30);1-5,7H. The number of amidine groups is 1. The van der Waals surface area contributed by atoms with E-state index in [0.717, 1.165) is 57.1 Å². The van der Waals surface area contributed by atoms with E-state index >= 15 is 0 Å². The number of aromatic nitrogens is 2. The summed E-state index contributed by atoms with van der Waals surface area (Å²) in [7, 11) is 0. The Labute approximate surface area is 225 Å². The van der Waals surface area contributed by atoms with Gasteiger partial charge in [-0.15, -0.1) is 12.6 Å². The third-order valence-corrected chi connectivity index (χ3v) is 5.94. The van der Waals surface area contributed by atoms with Crippen molar-refractivity contribution in [2.24, 2.45) is 10.7 Å². The van der Waals surface area contributed by atoms with Gasteiger partial charge in [0.25, 0.3) is 0 Å². The van der Waals surface area contributed by atoms with Gasteiger partial charge in [0.15, 0.2) is 0 Å². The average molecular weight is 510 g/mol. The first-order valence-electron chi connectivity index (χ1n) is 12.3. The van der Waals surface area contributed by atoms with Crippen LogP contribution in [0.2, 0.25) is 0 Å². The molecule has 3 aromatic carbocycles. The first kappa shape index (κ1) is 27.7. The van der Waals surface area contributed by atoms with E-state index in [4.69, 9.17) is 11.5 Å². The molecule has 4 rings (SSSR count). The molecule has 1 aromatic heterocycles. The largest absolute Gasteiger partial charge is 0.383 e. The summed E-state index contributed by atoms with van der Waals surface area (Å²) >= 11 is 4.08. The number of hydrogen-bond donors (Lipinski definition) is 3. The van der Waals surface area contributed by atoms with Crippen molar-refractivity contribution in [2.45, 2.75) is 44.9 Å². The van der Waals surface area contributed by atoms with Gasteiger partial charge in [0.1, 0.15) is 17.5 Å². The van der Waals surface area contributed by atoms with Gasteiger partial charge in [-0.05, 0) is 49.1 Å².